The highest BCUT2D eigenvalue weighted by Gasteiger charge is 2.34. The molecule has 11 heteroatoms. The van der Waals surface area contributed by atoms with E-state index in [0.717, 1.165) is 12.1 Å². The molecule has 0 spiro atoms. The molecule has 2 aliphatic heterocycles. The van der Waals surface area contributed by atoms with E-state index in [2.05, 4.69) is 25.6 Å². The number of cyclic esters (lactones) is 1. The molecule has 4 rings (SSSR count). The summed E-state index contributed by atoms with van der Waals surface area (Å²) in [5, 5.41) is 5.60. The molecule has 4 heterocycles. The zero-order chi connectivity index (χ0) is 19.9. The van der Waals surface area contributed by atoms with Gasteiger partial charge in [0.05, 0.1) is 16.8 Å². The number of halogens is 3. The quantitative estimate of drug-likeness (QED) is 0.809. The summed E-state index contributed by atoms with van der Waals surface area (Å²) in [5.74, 6) is 0.434. The molecule has 1 atom stereocenters. The van der Waals surface area contributed by atoms with Crippen molar-refractivity contribution in [3.05, 3.63) is 29.6 Å². The number of anilines is 2. The number of rotatable bonds is 2. The molecule has 0 unspecified atom stereocenters. The van der Waals surface area contributed by atoms with E-state index in [4.69, 9.17) is 4.74 Å². The number of nitrogens with one attached hydrogen (secondary N) is 2. The SMILES string of the molecule is C[C@@H]1OC(=O)Nc2ncnc(-c3cc(C(F)(F)F)cc(N4CCNCC4)n3)c21. The van der Waals surface area contributed by atoms with Crippen LogP contribution in [0, 0.1) is 0 Å². The van der Waals surface area contributed by atoms with Crippen molar-refractivity contribution in [3.8, 4) is 11.4 Å². The summed E-state index contributed by atoms with van der Waals surface area (Å²) in [6.07, 6.45) is -4.76. The molecule has 28 heavy (non-hydrogen) atoms. The molecule has 2 aliphatic rings. The molecule has 0 aliphatic carbocycles. The number of carbonyl (C=O) groups excluding carboxylic acids is 1. The molecule has 1 amide bonds. The number of hydrogen-bond acceptors (Lipinski definition) is 7. The highest BCUT2D eigenvalue weighted by Crippen LogP contribution is 2.38. The summed E-state index contributed by atoms with van der Waals surface area (Å²) in [7, 11) is 0. The lowest BCUT2D eigenvalue weighted by Gasteiger charge is -2.29. The molecule has 148 valence electrons. The Morgan fingerprint density at radius 3 is 2.68 bits per heavy atom. The van der Waals surface area contributed by atoms with Crippen LogP contribution < -0.4 is 15.5 Å². The fourth-order valence-corrected chi connectivity index (χ4v) is 3.29. The zero-order valence-corrected chi connectivity index (χ0v) is 14.9. The first-order valence-electron chi connectivity index (χ1n) is 8.71. The minimum Gasteiger partial charge on any atom is -0.441 e. The molecule has 0 aromatic carbocycles. The first-order chi connectivity index (χ1) is 13.3. The Morgan fingerprint density at radius 1 is 1.21 bits per heavy atom. The van der Waals surface area contributed by atoms with Crippen molar-refractivity contribution in [3.63, 3.8) is 0 Å². The molecule has 2 N–H and O–H groups in total. The van der Waals surface area contributed by atoms with Crippen molar-refractivity contribution < 1.29 is 22.7 Å². The van der Waals surface area contributed by atoms with E-state index >= 15 is 0 Å². The van der Waals surface area contributed by atoms with Crippen LogP contribution in [0.25, 0.3) is 11.4 Å². The Kier molecular flexibility index (Phi) is 4.53. The van der Waals surface area contributed by atoms with Crippen LogP contribution in [0.4, 0.5) is 29.6 Å². The fourth-order valence-electron chi connectivity index (χ4n) is 3.29. The van der Waals surface area contributed by atoms with Gasteiger partial charge in [0.1, 0.15) is 29.8 Å². The maximum atomic E-state index is 13.5. The number of alkyl halides is 3. The molecule has 0 bridgehead atoms. The van der Waals surface area contributed by atoms with Crippen molar-refractivity contribution in [1.82, 2.24) is 20.3 Å². The molecule has 8 nitrogen and oxygen atoms in total. The summed E-state index contributed by atoms with van der Waals surface area (Å²) >= 11 is 0. The van der Waals surface area contributed by atoms with Gasteiger partial charge in [-0.25, -0.2) is 19.7 Å². The van der Waals surface area contributed by atoms with Crippen LogP contribution in [0.3, 0.4) is 0 Å². The highest BCUT2D eigenvalue weighted by molar-refractivity contribution is 5.88. The van der Waals surface area contributed by atoms with Crippen LogP contribution in [0.5, 0.6) is 0 Å². The second-order valence-electron chi connectivity index (χ2n) is 6.49. The lowest BCUT2D eigenvalue weighted by molar-refractivity contribution is -0.137. The third kappa shape index (κ3) is 3.44. The largest absolute Gasteiger partial charge is 0.441 e. The molecular formula is C17H17F3N6O2. The number of amides is 1. The first-order valence-corrected chi connectivity index (χ1v) is 8.71. The zero-order valence-electron chi connectivity index (χ0n) is 14.9. The topological polar surface area (TPSA) is 92.3 Å². The Balaban J connectivity index is 1.86. The monoisotopic (exact) mass is 394 g/mol. The lowest BCUT2D eigenvalue weighted by Crippen LogP contribution is -2.44. The molecule has 1 saturated heterocycles. The Morgan fingerprint density at radius 2 is 1.96 bits per heavy atom. The van der Waals surface area contributed by atoms with Gasteiger partial charge in [-0.1, -0.05) is 0 Å². The summed E-state index contributed by atoms with van der Waals surface area (Å²) in [4.78, 5) is 25.9. The molecule has 1 fully saturated rings. The normalized spacial score (nSPS) is 19.6. The Hall–Kier alpha value is -2.95. The number of fused-ring (bicyclic) bond motifs is 1. The Labute approximate surface area is 158 Å². The minimum absolute atomic E-state index is 0.0496. The van der Waals surface area contributed by atoms with E-state index < -0.39 is 23.9 Å². The molecule has 0 saturated carbocycles. The number of carbonyl (C=O) groups is 1. The van der Waals surface area contributed by atoms with Gasteiger partial charge < -0.3 is 15.0 Å². The van der Waals surface area contributed by atoms with Crippen LogP contribution in [0.15, 0.2) is 18.5 Å². The van der Waals surface area contributed by atoms with Gasteiger partial charge in [0.25, 0.3) is 0 Å². The average molecular weight is 394 g/mol. The van der Waals surface area contributed by atoms with Crippen LogP contribution >= 0.6 is 0 Å². The van der Waals surface area contributed by atoms with Gasteiger partial charge in [0, 0.05) is 26.2 Å². The minimum atomic E-state index is -4.54. The van der Waals surface area contributed by atoms with Gasteiger partial charge in [-0.05, 0) is 19.1 Å². The van der Waals surface area contributed by atoms with E-state index in [9.17, 15) is 18.0 Å². The molecule has 0 radical (unpaired) electrons. The van der Waals surface area contributed by atoms with Crippen molar-refractivity contribution in [2.24, 2.45) is 0 Å². The van der Waals surface area contributed by atoms with Gasteiger partial charge in [-0.3, -0.25) is 5.32 Å². The van der Waals surface area contributed by atoms with E-state index in [-0.39, 0.29) is 23.0 Å². The van der Waals surface area contributed by atoms with Gasteiger partial charge in [0.15, 0.2) is 0 Å². The second-order valence-corrected chi connectivity index (χ2v) is 6.49. The highest BCUT2D eigenvalue weighted by atomic mass is 19.4. The van der Waals surface area contributed by atoms with Crippen LogP contribution in [0.1, 0.15) is 24.2 Å². The standard InChI is InChI=1S/C17H17F3N6O2/c1-9-13-14(22-8-23-15(13)25-16(27)28-9)11-6-10(17(18,19)20)7-12(24-11)26-4-2-21-3-5-26/h6-9,21H,2-5H2,1H3,(H,22,23,25,27)/t9-/m0/s1. The maximum absolute atomic E-state index is 13.5. The Bertz CT molecular complexity index is 914. The summed E-state index contributed by atoms with van der Waals surface area (Å²) in [6.45, 7) is 4.02. The first kappa shape index (κ1) is 18.4. The maximum Gasteiger partial charge on any atom is 0.416 e. The van der Waals surface area contributed by atoms with Crippen molar-refractivity contribution in [2.45, 2.75) is 19.2 Å². The van der Waals surface area contributed by atoms with E-state index in [1.54, 1.807) is 11.8 Å². The predicted molar refractivity (Wildman–Crippen MR) is 93.9 cm³/mol. The van der Waals surface area contributed by atoms with Gasteiger partial charge in [0.2, 0.25) is 0 Å². The molecular weight excluding hydrogens is 377 g/mol. The van der Waals surface area contributed by atoms with Crippen molar-refractivity contribution in [1.29, 1.82) is 0 Å². The summed E-state index contributed by atoms with van der Waals surface area (Å²) in [5.41, 5.74) is -0.180. The van der Waals surface area contributed by atoms with Gasteiger partial charge in [-0.15, -0.1) is 0 Å². The molecule has 2 aromatic heterocycles. The van der Waals surface area contributed by atoms with Crippen LogP contribution in [-0.4, -0.2) is 47.2 Å². The molecule has 2 aromatic rings. The van der Waals surface area contributed by atoms with Gasteiger partial charge >= 0.3 is 12.3 Å². The smallest absolute Gasteiger partial charge is 0.416 e. The van der Waals surface area contributed by atoms with Crippen molar-refractivity contribution >= 4 is 17.7 Å². The number of piperazine rings is 1. The van der Waals surface area contributed by atoms with Crippen LogP contribution in [-0.2, 0) is 10.9 Å². The predicted octanol–water partition coefficient (Wildman–Crippen LogP) is 2.59. The number of ether oxygens (including phenoxy) is 1. The number of pyridine rings is 1. The number of hydrogen-bond donors (Lipinski definition) is 2. The lowest BCUT2D eigenvalue weighted by atomic mass is 10.0. The van der Waals surface area contributed by atoms with E-state index in [0.29, 0.717) is 31.7 Å². The number of aromatic nitrogens is 3. The summed E-state index contributed by atoms with van der Waals surface area (Å²) < 4.78 is 45.7. The van der Waals surface area contributed by atoms with E-state index in [1.165, 1.54) is 6.33 Å². The van der Waals surface area contributed by atoms with Crippen LogP contribution in [0.2, 0.25) is 0 Å². The third-order valence-corrected chi connectivity index (χ3v) is 4.62. The van der Waals surface area contributed by atoms with E-state index in [1.807, 2.05) is 0 Å². The average Bonchev–Trinajstić information content (AvgIpc) is 2.67. The summed E-state index contributed by atoms with van der Waals surface area (Å²) in [6, 6.07) is 2.00. The number of nitrogens with zero attached hydrogens (tertiary/aromatic N) is 4. The van der Waals surface area contributed by atoms with Gasteiger partial charge in [-0.2, -0.15) is 13.2 Å². The van der Waals surface area contributed by atoms with Crippen molar-refractivity contribution in [2.75, 3.05) is 36.4 Å². The second kappa shape index (κ2) is 6.89. The third-order valence-electron chi connectivity index (χ3n) is 4.62. The fraction of sp³-hybridized carbons (Fsp3) is 0.412.